The van der Waals surface area contributed by atoms with Gasteiger partial charge in [0.25, 0.3) is 0 Å². The monoisotopic (exact) mass is 432 g/mol. The molecule has 4 heterocycles. The van der Waals surface area contributed by atoms with E-state index in [2.05, 4.69) is 47.4 Å². The highest BCUT2D eigenvalue weighted by Crippen LogP contribution is 2.41. The summed E-state index contributed by atoms with van der Waals surface area (Å²) in [5, 5.41) is 0. The van der Waals surface area contributed by atoms with Crippen LogP contribution in [-0.2, 0) is 0 Å². The molecule has 4 aliphatic heterocycles. The zero-order valence-corrected chi connectivity index (χ0v) is 21.3. The van der Waals surface area contributed by atoms with Gasteiger partial charge in [-0.2, -0.15) is 0 Å². The zero-order chi connectivity index (χ0) is 21.8. The first-order chi connectivity index (χ1) is 14.9. The molecule has 0 radical (unpaired) electrons. The minimum atomic E-state index is 0.698. The predicted molar refractivity (Wildman–Crippen MR) is 133 cm³/mol. The van der Waals surface area contributed by atoms with Crippen LogP contribution in [0.4, 0.5) is 0 Å². The number of hydrogen-bond acceptors (Lipinski definition) is 4. The lowest BCUT2D eigenvalue weighted by atomic mass is 9.71. The summed E-state index contributed by atoms with van der Waals surface area (Å²) < 4.78 is 0. The van der Waals surface area contributed by atoms with Crippen molar-refractivity contribution in [1.29, 1.82) is 0 Å². The smallest absolute Gasteiger partial charge is 0.0235 e. The summed E-state index contributed by atoms with van der Waals surface area (Å²) in [5.74, 6) is 2.65. The van der Waals surface area contributed by atoms with Gasteiger partial charge in [0.15, 0.2) is 0 Å². The van der Waals surface area contributed by atoms with Crippen molar-refractivity contribution in [2.45, 2.75) is 78.2 Å². The first-order valence-corrected chi connectivity index (χ1v) is 13.8. The molecule has 4 aliphatic rings. The molecule has 0 amide bonds. The summed E-state index contributed by atoms with van der Waals surface area (Å²) in [4.78, 5) is 10.9. The van der Waals surface area contributed by atoms with E-state index < -0.39 is 0 Å². The van der Waals surface area contributed by atoms with Gasteiger partial charge in [-0.05, 0) is 127 Å². The molecule has 180 valence electrons. The minimum absolute atomic E-state index is 0.698. The van der Waals surface area contributed by atoms with Crippen LogP contribution in [0.5, 0.6) is 0 Å². The van der Waals surface area contributed by atoms with Crippen LogP contribution in [0.1, 0.15) is 72.1 Å². The minimum Gasteiger partial charge on any atom is -0.306 e. The van der Waals surface area contributed by atoms with Crippen molar-refractivity contribution in [3.8, 4) is 0 Å². The number of nitrogens with zero attached hydrogens (tertiary/aromatic N) is 4. The SMILES string of the molecule is CC(C)CN1CCC(N2CCC(CC(C)CN3CCC4(CCN(C)CC4)CC3)CC2)C1. The number of rotatable bonds is 7. The van der Waals surface area contributed by atoms with Crippen LogP contribution < -0.4 is 0 Å². The van der Waals surface area contributed by atoms with Gasteiger partial charge >= 0.3 is 0 Å². The summed E-state index contributed by atoms with van der Waals surface area (Å²) in [5.41, 5.74) is 0.698. The fourth-order valence-electron chi connectivity index (χ4n) is 7.23. The van der Waals surface area contributed by atoms with Gasteiger partial charge in [-0.15, -0.1) is 0 Å². The Morgan fingerprint density at radius 3 is 2.03 bits per heavy atom. The van der Waals surface area contributed by atoms with Crippen molar-refractivity contribution in [1.82, 2.24) is 19.6 Å². The fraction of sp³-hybridized carbons (Fsp3) is 1.00. The van der Waals surface area contributed by atoms with Gasteiger partial charge in [0.1, 0.15) is 0 Å². The van der Waals surface area contributed by atoms with Crippen molar-refractivity contribution < 1.29 is 0 Å². The van der Waals surface area contributed by atoms with E-state index in [0.717, 1.165) is 23.8 Å². The molecule has 1 spiro atoms. The molecule has 4 heteroatoms. The Labute approximate surface area is 193 Å². The Balaban J connectivity index is 1.12. The maximum Gasteiger partial charge on any atom is 0.0235 e. The second-order valence-electron chi connectivity index (χ2n) is 12.5. The Morgan fingerprint density at radius 1 is 0.742 bits per heavy atom. The average Bonchev–Trinajstić information content (AvgIpc) is 3.20. The van der Waals surface area contributed by atoms with Gasteiger partial charge in [0, 0.05) is 25.7 Å². The standard InChI is InChI=1S/C27H52N4/c1-23(2)20-30-12-7-26(22-30)31-13-5-25(6-14-31)19-24(3)21-29-17-10-27(11-18-29)8-15-28(4)16-9-27/h23-26H,5-22H2,1-4H3. The maximum atomic E-state index is 2.84. The molecule has 2 unspecified atom stereocenters. The number of piperidine rings is 3. The van der Waals surface area contributed by atoms with Crippen molar-refractivity contribution >= 4 is 0 Å². The maximum absolute atomic E-state index is 2.84. The molecule has 4 fully saturated rings. The van der Waals surface area contributed by atoms with E-state index in [4.69, 9.17) is 0 Å². The topological polar surface area (TPSA) is 13.0 Å². The molecule has 0 aromatic carbocycles. The fourth-order valence-corrected chi connectivity index (χ4v) is 7.23. The highest BCUT2D eigenvalue weighted by Gasteiger charge is 2.37. The van der Waals surface area contributed by atoms with Gasteiger partial charge in [-0.25, -0.2) is 0 Å². The molecule has 4 rings (SSSR count). The van der Waals surface area contributed by atoms with Crippen LogP contribution in [-0.4, -0.2) is 98.1 Å². The molecular formula is C27H52N4. The van der Waals surface area contributed by atoms with Gasteiger partial charge in [0.2, 0.25) is 0 Å². The summed E-state index contributed by atoms with van der Waals surface area (Å²) in [6, 6.07) is 0.845. The van der Waals surface area contributed by atoms with Crippen LogP contribution in [0.3, 0.4) is 0 Å². The number of hydrogen-bond donors (Lipinski definition) is 0. The zero-order valence-electron chi connectivity index (χ0n) is 21.3. The van der Waals surface area contributed by atoms with Gasteiger partial charge in [-0.3, -0.25) is 4.90 Å². The third-order valence-electron chi connectivity index (χ3n) is 9.31. The first-order valence-electron chi connectivity index (χ1n) is 13.8. The molecule has 4 saturated heterocycles. The summed E-state index contributed by atoms with van der Waals surface area (Å²) in [6.07, 6.45) is 11.6. The highest BCUT2D eigenvalue weighted by molar-refractivity contribution is 4.91. The van der Waals surface area contributed by atoms with Crippen molar-refractivity contribution in [3.05, 3.63) is 0 Å². The van der Waals surface area contributed by atoms with E-state index in [1.54, 1.807) is 0 Å². The molecule has 0 aliphatic carbocycles. The van der Waals surface area contributed by atoms with Crippen molar-refractivity contribution in [3.63, 3.8) is 0 Å². The lowest BCUT2D eigenvalue weighted by Gasteiger charge is -2.46. The van der Waals surface area contributed by atoms with E-state index in [1.165, 1.54) is 117 Å². The molecule has 0 aromatic rings. The van der Waals surface area contributed by atoms with Crippen LogP contribution in [0, 0.1) is 23.2 Å². The third kappa shape index (κ3) is 6.68. The lowest BCUT2D eigenvalue weighted by Crippen LogP contribution is -2.47. The molecule has 31 heavy (non-hydrogen) atoms. The van der Waals surface area contributed by atoms with Crippen LogP contribution >= 0.6 is 0 Å². The first kappa shape index (κ1) is 24.0. The van der Waals surface area contributed by atoms with Gasteiger partial charge in [0.05, 0.1) is 0 Å². The molecule has 4 nitrogen and oxygen atoms in total. The quantitative estimate of drug-likeness (QED) is 0.596. The van der Waals surface area contributed by atoms with E-state index in [1.807, 2.05) is 0 Å². The molecule has 0 N–H and O–H groups in total. The Kier molecular flexibility index (Phi) is 8.39. The summed E-state index contributed by atoms with van der Waals surface area (Å²) in [7, 11) is 2.30. The number of likely N-dealkylation sites (tertiary alicyclic amines) is 4. The summed E-state index contributed by atoms with van der Waals surface area (Å²) in [6.45, 7) is 20.6. The predicted octanol–water partition coefficient (Wildman–Crippen LogP) is 4.26. The Morgan fingerprint density at radius 2 is 1.39 bits per heavy atom. The van der Waals surface area contributed by atoms with Crippen molar-refractivity contribution in [2.75, 3.05) is 72.5 Å². The van der Waals surface area contributed by atoms with Gasteiger partial charge in [-0.1, -0.05) is 20.8 Å². The lowest BCUT2D eigenvalue weighted by molar-refractivity contribution is 0.0356. The van der Waals surface area contributed by atoms with E-state index >= 15 is 0 Å². The van der Waals surface area contributed by atoms with Gasteiger partial charge < -0.3 is 14.7 Å². The van der Waals surface area contributed by atoms with Crippen LogP contribution in [0.15, 0.2) is 0 Å². The van der Waals surface area contributed by atoms with E-state index in [9.17, 15) is 0 Å². The van der Waals surface area contributed by atoms with Crippen molar-refractivity contribution in [2.24, 2.45) is 23.2 Å². The normalized spacial score (nSPS) is 31.1. The van der Waals surface area contributed by atoms with Crippen LogP contribution in [0.25, 0.3) is 0 Å². The Hall–Kier alpha value is -0.160. The van der Waals surface area contributed by atoms with Crippen LogP contribution in [0.2, 0.25) is 0 Å². The molecule has 0 aromatic heterocycles. The largest absolute Gasteiger partial charge is 0.306 e. The molecule has 0 saturated carbocycles. The second kappa shape index (κ2) is 10.8. The highest BCUT2D eigenvalue weighted by atomic mass is 15.3. The third-order valence-corrected chi connectivity index (χ3v) is 9.31. The molecule has 0 bridgehead atoms. The molecule has 2 atom stereocenters. The molecular weight excluding hydrogens is 380 g/mol. The summed E-state index contributed by atoms with van der Waals surface area (Å²) >= 11 is 0. The van der Waals surface area contributed by atoms with E-state index in [-0.39, 0.29) is 0 Å². The average molecular weight is 433 g/mol. The van der Waals surface area contributed by atoms with E-state index in [0.29, 0.717) is 5.41 Å². The second-order valence-corrected chi connectivity index (χ2v) is 12.5. The Bertz CT molecular complexity index is 523.